The Kier molecular flexibility index (Phi) is 8.53. The van der Waals surface area contributed by atoms with Crippen LogP contribution in [0.15, 0.2) is 78.5 Å². The maximum atomic E-state index is 14.0. The summed E-state index contributed by atoms with van der Waals surface area (Å²) in [5.74, 6) is 1.60. The Bertz CT molecular complexity index is 1840. The molecule has 0 aliphatic carbocycles. The fourth-order valence-electron chi connectivity index (χ4n) is 4.60. The molecule has 1 atom stereocenters. The van der Waals surface area contributed by atoms with E-state index in [1.54, 1.807) is 50.3 Å². The summed E-state index contributed by atoms with van der Waals surface area (Å²) in [4.78, 5) is 32.3. The Morgan fingerprint density at radius 1 is 1.15 bits per heavy atom. The molecule has 0 saturated carbocycles. The molecular formula is C30H26BrClN2O6S. The second kappa shape index (κ2) is 12.1. The first-order valence-electron chi connectivity index (χ1n) is 12.8. The van der Waals surface area contributed by atoms with Gasteiger partial charge in [0.25, 0.3) is 5.56 Å². The molecule has 0 fully saturated rings. The first-order valence-corrected chi connectivity index (χ1v) is 14.8. The molecule has 0 bridgehead atoms. The number of fused-ring (bicyclic) bond motifs is 1. The number of nitrogens with zero attached hydrogens (tertiary/aromatic N) is 2. The van der Waals surface area contributed by atoms with E-state index in [2.05, 4.69) is 20.9 Å². The summed E-state index contributed by atoms with van der Waals surface area (Å²) in [6.45, 7) is 5.96. The number of thiazole rings is 1. The highest BCUT2D eigenvalue weighted by Gasteiger charge is 2.35. The number of carbonyl (C=O) groups excluding carboxylic acids is 1. The van der Waals surface area contributed by atoms with Crippen molar-refractivity contribution < 1.29 is 23.4 Å². The van der Waals surface area contributed by atoms with E-state index in [0.29, 0.717) is 59.7 Å². The van der Waals surface area contributed by atoms with Gasteiger partial charge in [-0.3, -0.25) is 9.36 Å². The van der Waals surface area contributed by atoms with Gasteiger partial charge >= 0.3 is 5.97 Å². The number of furan rings is 1. The molecule has 0 radical (unpaired) electrons. The molecule has 0 N–H and O–H groups in total. The van der Waals surface area contributed by atoms with Gasteiger partial charge < -0.3 is 18.6 Å². The van der Waals surface area contributed by atoms with Crippen molar-refractivity contribution in [1.82, 2.24) is 4.57 Å². The Hall–Kier alpha value is -3.60. The minimum absolute atomic E-state index is 0.176. The fourth-order valence-corrected chi connectivity index (χ4v) is 6.29. The van der Waals surface area contributed by atoms with Crippen LogP contribution in [-0.4, -0.2) is 30.9 Å². The van der Waals surface area contributed by atoms with Crippen LogP contribution in [-0.2, 0) is 9.53 Å². The quantitative estimate of drug-likeness (QED) is 0.220. The molecule has 8 nitrogen and oxygen atoms in total. The number of ether oxygens (including phenoxy) is 3. The lowest BCUT2D eigenvalue weighted by atomic mass is 9.95. The molecule has 5 rings (SSSR count). The molecule has 0 spiro atoms. The lowest BCUT2D eigenvalue weighted by Crippen LogP contribution is -2.40. The summed E-state index contributed by atoms with van der Waals surface area (Å²) in [6, 6.07) is 13.6. The summed E-state index contributed by atoms with van der Waals surface area (Å²) in [5.41, 5.74) is 1.89. The monoisotopic (exact) mass is 656 g/mol. The third-order valence-electron chi connectivity index (χ3n) is 6.42. The Morgan fingerprint density at radius 2 is 1.90 bits per heavy atom. The summed E-state index contributed by atoms with van der Waals surface area (Å²) in [6.07, 6.45) is 1.68. The van der Waals surface area contributed by atoms with Crippen LogP contribution < -0.4 is 24.4 Å². The van der Waals surface area contributed by atoms with Crippen LogP contribution in [0, 0.1) is 0 Å². The summed E-state index contributed by atoms with van der Waals surface area (Å²) < 4.78 is 25.3. The van der Waals surface area contributed by atoms with Gasteiger partial charge in [-0.2, -0.15) is 0 Å². The van der Waals surface area contributed by atoms with Crippen molar-refractivity contribution in [3.63, 3.8) is 0 Å². The number of aromatic nitrogens is 1. The van der Waals surface area contributed by atoms with Crippen molar-refractivity contribution in [1.29, 1.82) is 0 Å². The van der Waals surface area contributed by atoms with Crippen molar-refractivity contribution in [2.45, 2.75) is 26.8 Å². The largest absolute Gasteiger partial charge is 0.493 e. The van der Waals surface area contributed by atoms with Crippen LogP contribution in [0.2, 0.25) is 5.02 Å². The van der Waals surface area contributed by atoms with Crippen molar-refractivity contribution in [3.05, 3.63) is 100 Å². The lowest BCUT2D eigenvalue weighted by molar-refractivity contribution is -0.139. The van der Waals surface area contributed by atoms with Gasteiger partial charge in [-0.1, -0.05) is 38.9 Å². The van der Waals surface area contributed by atoms with Crippen LogP contribution >= 0.6 is 38.9 Å². The molecule has 212 valence electrons. The average Bonchev–Trinajstić information content (AvgIpc) is 3.53. The second-order valence-corrected chi connectivity index (χ2v) is 11.3. The number of allylic oxidation sites excluding steroid dienone is 1. The minimum Gasteiger partial charge on any atom is -0.493 e. The highest BCUT2D eigenvalue weighted by atomic mass is 79.9. The van der Waals surface area contributed by atoms with Gasteiger partial charge in [0.2, 0.25) is 0 Å². The summed E-state index contributed by atoms with van der Waals surface area (Å²) in [7, 11) is 1.54. The van der Waals surface area contributed by atoms with E-state index in [-0.39, 0.29) is 17.7 Å². The number of benzene rings is 2. The highest BCUT2D eigenvalue weighted by molar-refractivity contribution is 9.10. The maximum absolute atomic E-state index is 14.0. The third-order valence-corrected chi connectivity index (χ3v) is 8.34. The second-order valence-electron chi connectivity index (χ2n) is 8.97. The molecule has 1 aliphatic rings. The molecule has 3 heterocycles. The van der Waals surface area contributed by atoms with Gasteiger partial charge in [0.15, 0.2) is 16.3 Å². The van der Waals surface area contributed by atoms with E-state index < -0.39 is 12.0 Å². The van der Waals surface area contributed by atoms with Gasteiger partial charge in [0.1, 0.15) is 11.5 Å². The number of hydrogen-bond acceptors (Lipinski definition) is 8. The van der Waals surface area contributed by atoms with E-state index in [1.807, 2.05) is 25.1 Å². The zero-order valence-corrected chi connectivity index (χ0v) is 25.9. The Labute approximate surface area is 253 Å². The zero-order valence-electron chi connectivity index (χ0n) is 22.7. The first-order chi connectivity index (χ1) is 19.7. The molecule has 4 aromatic rings. The standard InChI is InChI=1S/C30H26BrClN2O6S/c1-5-38-24-15-21(31)20(14-23(24)37-4)27-26(29(36)39-6-2)16(3)33-30-34(27)28(35)25(41-30)13-19-11-12-22(40-19)17-7-9-18(32)10-8-17/h7-15,27H,5-6H2,1-4H3/b25-13+/t27-/m0/s1. The molecule has 2 aromatic carbocycles. The fraction of sp³-hybridized carbons (Fsp3) is 0.233. The van der Waals surface area contributed by atoms with E-state index >= 15 is 0 Å². The van der Waals surface area contributed by atoms with Crippen LogP contribution in [0.4, 0.5) is 0 Å². The third kappa shape index (κ3) is 5.64. The normalized spacial score (nSPS) is 15.0. The predicted octanol–water partition coefficient (Wildman–Crippen LogP) is 5.88. The molecular weight excluding hydrogens is 632 g/mol. The van der Waals surface area contributed by atoms with Gasteiger partial charge in [0.05, 0.1) is 42.2 Å². The number of hydrogen-bond donors (Lipinski definition) is 0. The molecule has 1 aliphatic heterocycles. The smallest absolute Gasteiger partial charge is 0.338 e. The van der Waals surface area contributed by atoms with Crippen molar-refractivity contribution in [3.8, 4) is 22.8 Å². The van der Waals surface area contributed by atoms with E-state index in [0.717, 1.165) is 5.56 Å². The maximum Gasteiger partial charge on any atom is 0.338 e. The number of halogens is 2. The number of methoxy groups -OCH3 is 1. The number of rotatable bonds is 8. The highest BCUT2D eigenvalue weighted by Crippen LogP contribution is 2.41. The van der Waals surface area contributed by atoms with Gasteiger partial charge in [-0.15, -0.1) is 0 Å². The molecule has 41 heavy (non-hydrogen) atoms. The van der Waals surface area contributed by atoms with Crippen LogP contribution in [0.3, 0.4) is 0 Å². The van der Waals surface area contributed by atoms with Crippen LogP contribution in [0.25, 0.3) is 17.4 Å². The summed E-state index contributed by atoms with van der Waals surface area (Å²) in [5, 5.41) is 0.630. The first kappa shape index (κ1) is 28.9. The molecule has 0 amide bonds. The SMILES string of the molecule is CCOC(=O)C1=C(C)N=c2s/c(=C/c3ccc(-c4ccc(Cl)cc4)o3)c(=O)n2[C@H]1c1cc(OC)c(OCC)cc1Br. The minimum atomic E-state index is -0.826. The van der Waals surface area contributed by atoms with Crippen molar-refractivity contribution in [2.75, 3.05) is 20.3 Å². The van der Waals surface area contributed by atoms with Crippen molar-refractivity contribution in [2.24, 2.45) is 4.99 Å². The number of esters is 1. The van der Waals surface area contributed by atoms with Crippen LogP contribution in [0.5, 0.6) is 11.5 Å². The van der Waals surface area contributed by atoms with Gasteiger partial charge in [0, 0.05) is 21.1 Å². The van der Waals surface area contributed by atoms with E-state index in [9.17, 15) is 9.59 Å². The molecule has 11 heteroatoms. The Balaban J connectivity index is 1.67. The molecule has 0 unspecified atom stereocenters. The Morgan fingerprint density at radius 3 is 2.59 bits per heavy atom. The van der Waals surface area contributed by atoms with Crippen LogP contribution in [0.1, 0.15) is 38.1 Å². The van der Waals surface area contributed by atoms with Gasteiger partial charge in [-0.25, -0.2) is 9.79 Å². The van der Waals surface area contributed by atoms with Gasteiger partial charge in [-0.05, 0) is 74.9 Å². The topological polar surface area (TPSA) is 92.3 Å². The zero-order chi connectivity index (χ0) is 29.3. The van der Waals surface area contributed by atoms with E-state index in [4.69, 9.17) is 30.2 Å². The molecule has 0 saturated heterocycles. The number of carbonyl (C=O) groups is 1. The summed E-state index contributed by atoms with van der Waals surface area (Å²) >= 11 is 10.9. The lowest BCUT2D eigenvalue weighted by Gasteiger charge is -2.26. The van der Waals surface area contributed by atoms with E-state index in [1.165, 1.54) is 23.0 Å². The predicted molar refractivity (Wildman–Crippen MR) is 161 cm³/mol. The van der Waals surface area contributed by atoms with Crippen molar-refractivity contribution >= 4 is 50.9 Å². The average molecular weight is 658 g/mol. The molecule has 2 aromatic heterocycles.